The lowest BCUT2D eigenvalue weighted by Gasteiger charge is -2.27. The SMILES string of the molecule is C/C=C/C1CCC(c2ccc3c(F)c(C=C(F)F)c(F)cc3c2)CC1. The van der Waals surface area contributed by atoms with E-state index in [0.29, 0.717) is 17.2 Å². The van der Waals surface area contributed by atoms with Gasteiger partial charge in [0.15, 0.2) is 0 Å². The van der Waals surface area contributed by atoms with Gasteiger partial charge in [-0.05, 0) is 61.5 Å². The zero-order valence-electron chi connectivity index (χ0n) is 14.0. The molecule has 0 aliphatic heterocycles. The molecule has 0 unspecified atom stereocenters. The van der Waals surface area contributed by atoms with E-state index in [0.717, 1.165) is 37.3 Å². The predicted octanol–water partition coefficient (Wildman–Crippen LogP) is 7.21. The van der Waals surface area contributed by atoms with Gasteiger partial charge in [0.25, 0.3) is 6.08 Å². The Bertz CT molecular complexity index is 823. The van der Waals surface area contributed by atoms with Crippen LogP contribution < -0.4 is 0 Å². The second-order valence-corrected chi connectivity index (χ2v) is 6.64. The first kappa shape index (κ1) is 17.7. The van der Waals surface area contributed by atoms with Crippen molar-refractivity contribution >= 4 is 16.8 Å². The Hall–Kier alpha value is -2.10. The van der Waals surface area contributed by atoms with E-state index in [-0.39, 0.29) is 11.5 Å². The number of allylic oxidation sites excluding steroid dienone is 2. The van der Waals surface area contributed by atoms with E-state index in [1.165, 1.54) is 0 Å². The number of halogens is 4. The van der Waals surface area contributed by atoms with Crippen molar-refractivity contribution in [2.24, 2.45) is 5.92 Å². The monoisotopic (exact) mass is 348 g/mol. The van der Waals surface area contributed by atoms with E-state index in [1.54, 1.807) is 12.1 Å². The number of hydrogen-bond donors (Lipinski definition) is 0. The molecule has 25 heavy (non-hydrogen) atoms. The Kier molecular flexibility index (Phi) is 5.26. The highest BCUT2D eigenvalue weighted by atomic mass is 19.3. The summed E-state index contributed by atoms with van der Waals surface area (Å²) in [6, 6.07) is 6.35. The standard InChI is InChI=1S/C21H20F4/c1-2-3-13-4-6-14(7-5-13)15-8-9-17-16(10-15)11-19(22)18(21(17)25)12-20(23)24/h2-3,8-14H,4-7H2,1H3/b3-2+. The summed E-state index contributed by atoms with van der Waals surface area (Å²) in [4.78, 5) is 0. The Morgan fingerprint density at radius 1 is 1.04 bits per heavy atom. The quantitative estimate of drug-likeness (QED) is 0.406. The Morgan fingerprint density at radius 3 is 2.40 bits per heavy atom. The first-order valence-corrected chi connectivity index (χ1v) is 8.56. The third-order valence-corrected chi connectivity index (χ3v) is 5.05. The van der Waals surface area contributed by atoms with Gasteiger partial charge < -0.3 is 0 Å². The van der Waals surface area contributed by atoms with Gasteiger partial charge in [-0.15, -0.1) is 0 Å². The summed E-state index contributed by atoms with van der Waals surface area (Å²) in [6.07, 6.45) is 6.73. The number of fused-ring (bicyclic) bond motifs is 1. The van der Waals surface area contributed by atoms with E-state index in [4.69, 9.17) is 0 Å². The zero-order valence-corrected chi connectivity index (χ0v) is 14.0. The largest absolute Gasteiger partial charge is 0.271 e. The third kappa shape index (κ3) is 3.78. The summed E-state index contributed by atoms with van der Waals surface area (Å²) < 4.78 is 53.2. The number of benzene rings is 2. The molecule has 0 saturated heterocycles. The van der Waals surface area contributed by atoms with Gasteiger partial charge in [0, 0.05) is 11.5 Å². The molecule has 1 aliphatic rings. The molecule has 4 heteroatoms. The van der Waals surface area contributed by atoms with Gasteiger partial charge >= 0.3 is 0 Å². The third-order valence-electron chi connectivity index (χ3n) is 5.05. The van der Waals surface area contributed by atoms with Crippen LogP contribution in [-0.4, -0.2) is 0 Å². The van der Waals surface area contributed by atoms with Crippen molar-refractivity contribution in [1.29, 1.82) is 0 Å². The smallest absolute Gasteiger partial charge is 0.206 e. The predicted molar refractivity (Wildman–Crippen MR) is 93.6 cm³/mol. The molecule has 0 spiro atoms. The minimum absolute atomic E-state index is 0.167. The summed E-state index contributed by atoms with van der Waals surface area (Å²) in [5.74, 6) is -0.917. The first-order valence-electron chi connectivity index (χ1n) is 8.56. The molecule has 0 nitrogen and oxygen atoms in total. The van der Waals surface area contributed by atoms with Gasteiger partial charge in [0.05, 0.1) is 5.56 Å². The fourth-order valence-corrected chi connectivity index (χ4v) is 3.78. The van der Waals surface area contributed by atoms with Crippen molar-refractivity contribution in [3.8, 4) is 0 Å². The van der Waals surface area contributed by atoms with E-state index in [1.807, 2.05) is 13.0 Å². The van der Waals surface area contributed by atoms with Crippen LogP contribution in [0.4, 0.5) is 17.6 Å². The van der Waals surface area contributed by atoms with Crippen LogP contribution in [0.2, 0.25) is 0 Å². The average Bonchev–Trinajstić information content (AvgIpc) is 2.59. The molecular weight excluding hydrogens is 328 g/mol. The molecule has 132 valence electrons. The fourth-order valence-electron chi connectivity index (χ4n) is 3.78. The second kappa shape index (κ2) is 7.42. The molecule has 0 aromatic heterocycles. The van der Waals surface area contributed by atoms with Crippen LogP contribution in [0, 0.1) is 17.6 Å². The number of hydrogen-bond acceptors (Lipinski definition) is 0. The zero-order chi connectivity index (χ0) is 18.0. The van der Waals surface area contributed by atoms with Crippen LogP contribution in [0.15, 0.2) is 42.5 Å². The van der Waals surface area contributed by atoms with Gasteiger partial charge in [-0.3, -0.25) is 0 Å². The van der Waals surface area contributed by atoms with Crippen molar-refractivity contribution in [3.05, 3.63) is 65.3 Å². The molecule has 0 heterocycles. The molecule has 1 fully saturated rings. The molecule has 1 aliphatic carbocycles. The van der Waals surface area contributed by atoms with Crippen molar-refractivity contribution < 1.29 is 17.6 Å². The molecule has 0 bridgehead atoms. The Morgan fingerprint density at radius 2 is 1.76 bits per heavy atom. The summed E-state index contributed by atoms with van der Waals surface area (Å²) in [7, 11) is 0. The van der Waals surface area contributed by atoms with Gasteiger partial charge in [-0.2, -0.15) is 8.78 Å². The molecule has 0 atom stereocenters. The van der Waals surface area contributed by atoms with Crippen LogP contribution in [-0.2, 0) is 0 Å². The Labute approximate surface area is 144 Å². The minimum atomic E-state index is -2.12. The first-order chi connectivity index (χ1) is 12.0. The van der Waals surface area contributed by atoms with Crippen molar-refractivity contribution in [2.45, 2.75) is 38.5 Å². The lowest BCUT2D eigenvalue weighted by molar-refractivity contribution is 0.376. The molecule has 3 rings (SSSR count). The maximum atomic E-state index is 14.4. The van der Waals surface area contributed by atoms with E-state index in [9.17, 15) is 17.6 Å². The topological polar surface area (TPSA) is 0 Å². The van der Waals surface area contributed by atoms with Gasteiger partial charge in [0.2, 0.25) is 0 Å². The highest BCUT2D eigenvalue weighted by Crippen LogP contribution is 2.38. The molecular formula is C21H20F4. The fraction of sp³-hybridized carbons (Fsp3) is 0.333. The van der Waals surface area contributed by atoms with Crippen LogP contribution in [0.25, 0.3) is 16.8 Å². The maximum absolute atomic E-state index is 14.4. The molecule has 0 N–H and O–H groups in total. The summed E-state index contributed by atoms with van der Waals surface area (Å²) in [5, 5.41) is 0.583. The molecule has 1 saturated carbocycles. The van der Waals surface area contributed by atoms with E-state index in [2.05, 4.69) is 12.2 Å². The van der Waals surface area contributed by atoms with Crippen LogP contribution in [0.1, 0.15) is 49.7 Å². The van der Waals surface area contributed by atoms with Crippen molar-refractivity contribution in [2.75, 3.05) is 0 Å². The summed E-state index contributed by atoms with van der Waals surface area (Å²) in [6.45, 7) is 2.02. The normalized spacial score (nSPS) is 21.0. The Balaban J connectivity index is 1.92. The molecule has 0 amide bonds. The van der Waals surface area contributed by atoms with Crippen LogP contribution in [0.3, 0.4) is 0 Å². The second-order valence-electron chi connectivity index (χ2n) is 6.64. The van der Waals surface area contributed by atoms with Gasteiger partial charge in [-0.1, -0.05) is 30.4 Å². The van der Waals surface area contributed by atoms with Gasteiger partial charge in [-0.25, -0.2) is 8.78 Å². The highest BCUT2D eigenvalue weighted by Gasteiger charge is 2.22. The van der Waals surface area contributed by atoms with Gasteiger partial charge in [0.1, 0.15) is 11.6 Å². The summed E-state index contributed by atoms with van der Waals surface area (Å²) >= 11 is 0. The lowest BCUT2D eigenvalue weighted by atomic mass is 9.78. The molecule has 0 radical (unpaired) electrons. The highest BCUT2D eigenvalue weighted by molar-refractivity contribution is 5.86. The van der Waals surface area contributed by atoms with Crippen molar-refractivity contribution in [3.63, 3.8) is 0 Å². The molecule has 2 aromatic rings. The summed E-state index contributed by atoms with van der Waals surface area (Å²) in [5.41, 5.74) is 0.373. The minimum Gasteiger partial charge on any atom is -0.206 e. The maximum Gasteiger partial charge on any atom is 0.271 e. The number of rotatable bonds is 3. The lowest BCUT2D eigenvalue weighted by Crippen LogP contribution is -2.11. The van der Waals surface area contributed by atoms with Crippen LogP contribution >= 0.6 is 0 Å². The average molecular weight is 348 g/mol. The molecule has 2 aromatic carbocycles. The van der Waals surface area contributed by atoms with E-state index >= 15 is 0 Å². The van der Waals surface area contributed by atoms with Crippen molar-refractivity contribution in [1.82, 2.24) is 0 Å². The van der Waals surface area contributed by atoms with E-state index < -0.39 is 23.3 Å². The van der Waals surface area contributed by atoms with Crippen LogP contribution in [0.5, 0.6) is 0 Å².